The Hall–Kier alpha value is -2.19. The summed E-state index contributed by atoms with van der Waals surface area (Å²) in [4.78, 5) is 45.5. The first-order chi connectivity index (χ1) is 17.3. The van der Waals surface area contributed by atoms with Gasteiger partial charge in [0, 0.05) is 25.2 Å². The highest BCUT2D eigenvalue weighted by atomic mass is 16.6. The zero-order chi connectivity index (χ0) is 27.2. The van der Waals surface area contributed by atoms with Gasteiger partial charge in [0.1, 0.15) is 17.6 Å². The van der Waals surface area contributed by atoms with E-state index in [-0.39, 0.29) is 30.4 Å². The number of amides is 2. The minimum atomic E-state index is -1.26. The molecule has 5 atom stereocenters. The summed E-state index contributed by atoms with van der Waals surface area (Å²) in [6, 6.07) is -0.872. The number of hydrogen-bond donors (Lipinski definition) is 1. The van der Waals surface area contributed by atoms with Crippen LogP contribution in [0.25, 0.3) is 0 Å². The van der Waals surface area contributed by atoms with Gasteiger partial charge in [-0.05, 0) is 58.3 Å². The van der Waals surface area contributed by atoms with Crippen molar-refractivity contribution in [1.82, 2.24) is 9.80 Å². The van der Waals surface area contributed by atoms with E-state index in [0.717, 1.165) is 12.8 Å². The summed E-state index contributed by atoms with van der Waals surface area (Å²) in [5.74, 6) is -2.51. The lowest BCUT2D eigenvalue weighted by Gasteiger charge is -2.45. The number of aliphatic hydroxyl groups excluding tert-OH is 1. The van der Waals surface area contributed by atoms with Crippen LogP contribution in [0.5, 0.6) is 0 Å². The Morgan fingerprint density at radius 3 is 2.41 bits per heavy atom. The SMILES string of the molecule is CC(C)(C)CC(C)(C)N1CC=C[C@]23O[C@@]4(C)C=CCCOC(=O)[C@H]4[C@H]2C(=O)N(CCCCCO)C3C1=O. The maximum Gasteiger partial charge on any atom is 0.313 e. The van der Waals surface area contributed by atoms with E-state index in [0.29, 0.717) is 32.4 Å². The molecule has 2 saturated heterocycles. The highest BCUT2D eigenvalue weighted by molar-refractivity contribution is 5.99. The lowest BCUT2D eigenvalue weighted by molar-refractivity contribution is -0.161. The van der Waals surface area contributed by atoms with Gasteiger partial charge in [-0.3, -0.25) is 14.4 Å². The Morgan fingerprint density at radius 2 is 1.73 bits per heavy atom. The van der Waals surface area contributed by atoms with E-state index in [4.69, 9.17) is 9.47 Å². The molecule has 37 heavy (non-hydrogen) atoms. The minimum absolute atomic E-state index is 0.00711. The predicted molar refractivity (Wildman–Crippen MR) is 139 cm³/mol. The van der Waals surface area contributed by atoms with Crippen molar-refractivity contribution in [2.75, 3.05) is 26.3 Å². The van der Waals surface area contributed by atoms with Gasteiger partial charge in [0.25, 0.3) is 0 Å². The largest absolute Gasteiger partial charge is 0.465 e. The number of ether oxygens (including phenoxy) is 2. The van der Waals surface area contributed by atoms with Gasteiger partial charge in [-0.15, -0.1) is 0 Å². The molecule has 4 aliphatic heterocycles. The summed E-state index contributed by atoms with van der Waals surface area (Å²) < 4.78 is 12.3. The van der Waals surface area contributed by atoms with Gasteiger partial charge in [-0.2, -0.15) is 0 Å². The van der Waals surface area contributed by atoms with Crippen molar-refractivity contribution in [2.45, 2.75) is 96.4 Å². The summed E-state index contributed by atoms with van der Waals surface area (Å²) in [6.45, 7) is 13.6. The lowest BCUT2D eigenvalue weighted by atomic mass is 9.74. The number of nitrogens with zero attached hydrogens (tertiary/aromatic N) is 2. The maximum absolute atomic E-state index is 14.5. The molecule has 1 N–H and O–H groups in total. The van der Waals surface area contributed by atoms with Crippen molar-refractivity contribution in [3.8, 4) is 0 Å². The maximum atomic E-state index is 14.5. The van der Waals surface area contributed by atoms with Crippen molar-refractivity contribution < 1.29 is 29.0 Å². The quantitative estimate of drug-likeness (QED) is 0.317. The summed E-state index contributed by atoms with van der Waals surface area (Å²) in [5.41, 5.74) is -2.78. The fraction of sp³-hybridized carbons (Fsp3) is 0.759. The number of unbranched alkanes of at least 4 members (excludes halogenated alkanes) is 2. The standard InChI is InChI=1S/C29H44N2O6/c1-26(2,3)19-27(4,5)31-16-12-14-29-20(21-25(35)36-18-11-8-13-28(21,6)37-29)23(33)30(22(29)24(31)34)15-9-7-10-17-32/h8,12-14,20-22,32H,7,9-11,15-19H2,1-6H3/t20-,21+,22?,28-,29-/m0/s1. The third kappa shape index (κ3) is 4.87. The van der Waals surface area contributed by atoms with Crippen LogP contribution in [0.3, 0.4) is 0 Å². The average Bonchev–Trinajstić information content (AvgIpc) is 3.08. The third-order valence-corrected chi connectivity index (χ3v) is 8.27. The number of esters is 1. The fourth-order valence-corrected chi connectivity index (χ4v) is 7.24. The fourth-order valence-electron chi connectivity index (χ4n) is 7.24. The number of likely N-dealkylation sites (tertiary alicyclic amines) is 1. The Bertz CT molecular complexity index is 981. The van der Waals surface area contributed by atoms with Crippen LogP contribution in [-0.4, -0.2) is 81.8 Å². The van der Waals surface area contributed by atoms with E-state index < -0.39 is 40.6 Å². The van der Waals surface area contributed by atoms with E-state index >= 15 is 0 Å². The molecule has 2 fully saturated rings. The van der Waals surface area contributed by atoms with Crippen molar-refractivity contribution in [3.05, 3.63) is 24.3 Å². The molecule has 2 amide bonds. The topological polar surface area (TPSA) is 96.4 Å². The molecule has 0 aromatic carbocycles. The summed E-state index contributed by atoms with van der Waals surface area (Å²) >= 11 is 0. The Labute approximate surface area is 221 Å². The monoisotopic (exact) mass is 516 g/mol. The average molecular weight is 517 g/mol. The van der Waals surface area contributed by atoms with E-state index in [2.05, 4.69) is 34.6 Å². The Balaban J connectivity index is 1.80. The summed E-state index contributed by atoms with van der Waals surface area (Å²) in [7, 11) is 0. The number of aliphatic hydroxyl groups is 1. The van der Waals surface area contributed by atoms with E-state index in [1.807, 2.05) is 36.1 Å². The first kappa shape index (κ1) is 27.8. The molecule has 1 unspecified atom stereocenters. The number of rotatable bonds is 7. The zero-order valence-corrected chi connectivity index (χ0v) is 23.3. The molecular formula is C29H44N2O6. The van der Waals surface area contributed by atoms with E-state index in [1.165, 1.54) is 0 Å². The Kier molecular flexibility index (Phi) is 7.40. The van der Waals surface area contributed by atoms with Crippen LogP contribution in [0, 0.1) is 17.3 Å². The van der Waals surface area contributed by atoms with Gasteiger partial charge in [0.05, 0.1) is 18.1 Å². The second kappa shape index (κ2) is 9.84. The molecule has 0 aliphatic carbocycles. The molecule has 0 bridgehead atoms. The molecule has 0 saturated carbocycles. The van der Waals surface area contributed by atoms with Crippen LogP contribution in [0.1, 0.15) is 73.6 Å². The Morgan fingerprint density at radius 1 is 1.00 bits per heavy atom. The van der Waals surface area contributed by atoms with Crippen molar-refractivity contribution in [3.63, 3.8) is 0 Å². The molecule has 4 heterocycles. The van der Waals surface area contributed by atoms with Gasteiger partial charge in [-0.25, -0.2) is 0 Å². The zero-order valence-electron chi connectivity index (χ0n) is 23.3. The van der Waals surface area contributed by atoms with Gasteiger partial charge in [0.15, 0.2) is 0 Å². The van der Waals surface area contributed by atoms with Crippen molar-refractivity contribution in [1.29, 1.82) is 0 Å². The highest BCUT2D eigenvalue weighted by Crippen LogP contribution is 2.57. The number of cyclic esters (lactones) is 1. The van der Waals surface area contributed by atoms with E-state index in [9.17, 15) is 19.5 Å². The van der Waals surface area contributed by atoms with Crippen LogP contribution >= 0.6 is 0 Å². The van der Waals surface area contributed by atoms with Gasteiger partial charge in [-0.1, -0.05) is 45.1 Å². The van der Waals surface area contributed by atoms with Crippen LogP contribution in [0.15, 0.2) is 24.3 Å². The first-order valence-electron chi connectivity index (χ1n) is 13.7. The molecule has 4 rings (SSSR count). The normalized spacial score (nSPS) is 34.0. The van der Waals surface area contributed by atoms with Gasteiger partial charge in [0.2, 0.25) is 11.8 Å². The predicted octanol–water partition coefficient (Wildman–Crippen LogP) is 3.24. The number of hydrogen-bond acceptors (Lipinski definition) is 6. The molecule has 0 aromatic rings. The smallest absolute Gasteiger partial charge is 0.313 e. The number of carbonyl (C=O) groups is 3. The van der Waals surface area contributed by atoms with Gasteiger partial charge < -0.3 is 24.4 Å². The number of carbonyl (C=O) groups excluding carboxylic acids is 3. The van der Waals surface area contributed by atoms with Gasteiger partial charge >= 0.3 is 5.97 Å². The molecule has 0 aromatic heterocycles. The third-order valence-electron chi connectivity index (χ3n) is 8.27. The molecule has 4 aliphatic rings. The minimum Gasteiger partial charge on any atom is -0.465 e. The molecule has 8 nitrogen and oxygen atoms in total. The molecule has 0 radical (unpaired) electrons. The molecule has 1 spiro atoms. The summed E-state index contributed by atoms with van der Waals surface area (Å²) in [6.07, 6.45) is 11.0. The molecule has 206 valence electrons. The summed E-state index contributed by atoms with van der Waals surface area (Å²) in [5, 5.41) is 9.23. The van der Waals surface area contributed by atoms with Crippen LogP contribution in [-0.2, 0) is 23.9 Å². The molecular weight excluding hydrogens is 472 g/mol. The second-order valence-electron chi connectivity index (χ2n) is 13.1. The second-order valence-corrected chi connectivity index (χ2v) is 13.1. The first-order valence-corrected chi connectivity index (χ1v) is 13.7. The van der Waals surface area contributed by atoms with Crippen molar-refractivity contribution >= 4 is 17.8 Å². The van der Waals surface area contributed by atoms with Crippen LogP contribution < -0.4 is 0 Å². The van der Waals surface area contributed by atoms with Crippen LogP contribution in [0.2, 0.25) is 0 Å². The van der Waals surface area contributed by atoms with Crippen LogP contribution in [0.4, 0.5) is 0 Å². The molecule has 8 heteroatoms. The highest BCUT2D eigenvalue weighted by Gasteiger charge is 2.74. The van der Waals surface area contributed by atoms with E-state index in [1.54, 1.807) is 4.90 Å². The lowest BCUT2D eigenvalue weighted by Crippen LogP contribution is -2.60. The number of fused-ring (bicyclic) bond motifs is 2. The van der Waals surface area contributed by atoms with Crippen molar-refractivity contribution in [2.24, 2.45) is 17.3 Å².